The van der Waals surface area contributed by atoms with Crippen LogP contribution in [0.15, 0.2) is 0 Å². The average Bonchev–Trinajstić information content (AvgIpc) is 2.34. The van der Waals surface area contributed by atoms with Crippen LogP contribution in [0, 0.1) is 11.8 Å². The molecule has 0 bridgehead atoms. The van der Waals surface area contributed by atoms with Crippen molar-refractivity contribution >= 4 is 0 Å². The second-order valence-corrected chi connectivity index (χ2v) is 5.53. The van der Waals surface area contributed by atoms with Gasteiger partial charge in [0.1, 0.15) is 0 Å². The molecule has 4 atom stereocenters. The molecule has 0 aliphatic rings. The van der Waals surface area contributed by atoms with Crippen molar-refractivity contribution < 1.29 is 10.2 Å². The van der Waals surface area contributed by atoms with E-state index in [0.29, 0.717) is 5.92 Å². The Kier molecular flexibility index (Phi) is 9.85. The summed E-state index contributed by atoms with van der Waals surface area (Å²) in [5, 5.41) is 20.2. The third-order valence-corrected chi connectivity index (χ3v) is 3.85. The van der Waals surface area contributed by atoms with Crippen LogP contribution < -0.4 is 0 Å². The second-order valence-electron chi connectivity index (χ2n) is 5.53. The third kappa shape index (κ3) is 7.05. The topological polar surface area (TPSA) is 40.5 Å². The van der Waals surface area contributed by atoms with Gasteiger partial charge < -0.3 is 10.2 Å². The van der Waals surface area contributed by atoms with Gasteiger partial charge in [-0.2, -0.15) is 0 Å². The molecule has 0 aromatic rings. The van der Waals surface area contributed by atoms with Gasteiger partial charge in [0.2, 0.25) is 0 Å². The first-order valence-corrected chi connectivity index (χ1v) is 7.40. The first-order valence-electron chi connectivity index (χ1n) is 7.40. The molecule has 17 heavy (non-hydrogen) atoms. The lowest BCUT2D eigenvalue weighted by Gasteiger charge is -2.28. The van der Waals surface area contributed by atoms with Crippen molar-refractivity contribution in [3.05, 3.63) is 0 Å². The molecule has 0 saturated heterocycles. The van der Waals surface area contributed by atoms with Gasteiger partial charge in [-0.1, -0.05) is 59.8 Å². The van der Waals surface area contributed by atoms with Crippen molar-refractivity contribution in [1.82, 2.24) is 0 Å². The van der Waals surface area contributed by atoms with Crippen molar-refractivity contribution in [2.24, 2.45) is 11.8 Å². The fraction of sp³-hybridized carbons (Fsp3) is 1.00. The summed E-state index contributed by atoms with van der Waals surface area (Å²) < 4.78 is 0. The molecule has 2 heteroatoms. The predicted octanol–water partition coefficient (Wildman–Crippen LogP) is 3.75. The number of hydrogen-bond donors (Lipinski definition) is 2. The van der Waals surface area contributed by atoms with Gasteiger partial charge in [-0.3, -0.25) is 0 Å². The molecular weight excluding hydrogens is 212 g/mol. The van der Waals surface area contributed by atoms with Crippen molar-refractivity contribution in [2.45, 2.75) is 84.8 Å². The third-order valence-electron chi connectivity index (χ3n) is 3.85. The van der Waals surface area contributed by atoms with Crippen LogP contribution in [0.2, 0.25) is 0 Å². The van der Waals surface area contributed by atoms with Gasteiger partial charge in [-0.05, 0) is 18.8 Å². The minimum absolute atomic E-state index is 0.00119. The molecule has 2 nitrogen and oxygen atoms in total. The van der Waals surface area contributed by atoms with Gasteiger partial charge in [0, 0.05) is 5.92 Å². The Morgan fingerprint density at radius 1 is 0.824 bits per heavy atom. The van der Waals surface area contributed by atoms with Crippen molar-refractivity contribution in [3.63, 3.8) is 0 Å². The summed E-state index contributed by atoms with van der Waals surface area (Å²) in [7, 11) is 0. The highest BCUT2D eigenvalue weighted by atomic mass is 16.3. The molecule has 0 aliphatic carbocycles. The van der Waals surface area contributed by atoms with Crippen LogP contribution in [-0.4, -0.2) is 22.4 Å². The van der Waals surface area contributed by atoms with E-state index in [9.17, 15) is 10.2 Å². The standard InChI is InChI=1S/C15H32O2/c1-5-7-9-11-14(16)13(4)15(17)12(3)10-8-6-2/h12-17H,5-11H2,1-4H3/t12-,13-,14+,15+/m1/s1. The fourth-order valence-electron chi connectivity index (χ4n) is 2.31. The van der Waals surface area contributed by atoms with Crippen molar-refractivity contribution in [3.8, 4) is 0 Å². The van der Waals surface area contributed by atoms with Crippen LogP contribution in [-0.2, 0) is 0 Å². The van der Waals surface area contributed by atoms with Crippen molar-refractivity contribution in [1.29, 1.82) is 0 Å². The normalized spacial score (nSPS) is 18.7. The van der Waals surface area contributed by atoms with Crippen LogP contribution in [0.25, 0.3) is 0 Å². The lowest BCUT2D eigenvalue weighted by atomic mass is 9.85. The minimum Gasteiger partial charge on any atom is -0.393 e. The molecule has 0 fully saturated rings. The monoisotopic (exact) mass is 244 g/mol. The zero-order chi connectivity index (χ0) is 13.3. The van der Waals surface area contributed by atoms with E-state index in [4.69, 9.17) is 0 Å². The molecule has 0 aromatic carbocycles. The summed E-state index contributed by atoms with van der Waals surface area (Å²) in [5.41, 5.74) is 0. The number of unbranched alkanes of at least 4 members (excludes halogenated alkanes) is 3. The predicted molar refractivity (Wildman–Crippen MR) is 74.0 cm³/mol. The van der Waals surface area contributed by atoms with Gasteiger partial charge in [0.15, 0.2) is 0 Å². The lowest BCUT2D eigenvalue weighted by molar-refractivity contribution is -0.0123. The molecule has 0 heterocycles. The van der Waals surface area contributed by atoms with Crippen LogP contribution in [0.3, 0.4) is 0 Å². The quantitative estimate of drug-likeness (QED) is 0.575. The van der Waals surface area contributed by atoms with E-state index < -0.39 is 0 Å². The van der Waals surface area contributed by atoms with E-state index in [0.717, 1.165) is 25.7 Å². The molecule has 2 N–H and O–H groups in total. The Labute approximate surface area is 107 Å². The highest BCUT2D eigenvalue weighted by molar-refractivity contribution is 4.76. The van der Waals surface area contributed by atoms with E-state index in [1.807, 2.05) is 6.92 Å². The first-order chi connectivity index (χ1) is 8.04. The number of aliphatic hydroxyl groups is 2. The van der Waals surface area contributed by atoms with Gasteiger partial charge in [-0.25, -0.2) is 0 Å². The summed E-state index contributed by atoms with van der Waals surface area (Å²) in [6, 6.07) is 0. The SMILES string of the molecule is CCCCC[C@H](O)[C@@H](C)[C@@H](O)[C@H](C)CCCC. The largest absolute Gasteiger partial charge is 0.393 e. The molecular formula is C15H32O2. The van der Waals surface area contributed by atoms with Crippen molar-refractivity contribution in [2.75, 3.05) is 0 Å². The summed E-state index contributed by atoms with van der Waals surface area (Å²) in [6.07, 6.45) is 6.93. The zero-order valence-electron chi connectivity index (χ0n) is 12.2. The number of aliphatic hydroxyl groups excluding tert-OH is 2. The molecule has 104 valence electrons. The highest BCUT2D eigenvalue weighted by Crippen LogP contribution is 2.23. The number of hydrogen-bond acceptors (Lipinski definition) is 2. The Bertz CT molecular complexity index is 170. The molecule has 0 amide bonds. The maximum Gasteiger partial charge on any atom is 0.0615 e. The minimum atomic E-state index is -0.363. The van der Waals surface area contributed by atoms with Gasteiger partial charge in [0.25, 0.3) is 0 Å². The molecule has 0 saturated carbocycles. The maximum atomic E-state index is 10.2. The molecule has 0 aliphatic heterocycles. The summed E-state index contributed by atoms with van der Waals surface area (Å²) in [4.78, 5) is 0. The Morgan fingerprint density at radius 2 is 1.41 bits per heavy atom. The maximum absolute atomic E-state index is 10.2. The van der Waals surface area contributed by atoms with E-state index in [1.54, 1.807) is 0 Å². The Balaban J connectivity index is 3.95. The first kappa shape index (κ1) is 16.9. The average molecular weight is 244 g/mol. The van der Waals surface area contributed by atoms with Crippen LogP contribution in [0.4, 0.5) is 0 Å². The van der Waals surface area contributed by atoms with E-state index in [-0.39, 0.29) is 18.1 Å². The molecule has 0 spiro atoms. The number of rotatable bonds is 10. The molecule has 0 unspecified atom stereocenters. The van der Waals surface area contributed by atoms with E-state index in [1.165, 1.54) is 19.3 Å². The summed E-state index contributed by atoms with van der Waals surface area (Å²) in [6.45, 7) is 8.40. The van der Waals surface area contributed by atoms with Gasteiger partial charge in [-0.15, -0.1) is 0 Å². The second kappa shape index (κ2) is 9.90. The van der Waals surface area contributed by atoms with E-state index in [2.05, 4.69) is 20.8 Å². The highest BCUT2D eigenvalue weighted by Gasteiger charge is 2.26. The fourth-order valence-corrected chi connectivity index (χ4v) is 2.31. The Morgan fingerprint density at radius 3 is 1.94 bits per heavy atom. The molecule has 0 aromatic heterocycles. The summed E-state index contributed by atoms with van der Waals surface area (Å²) >= 11 is 0. The van der Waals surface area contributed by atoms with Crippen LogP contribution in [0.1, 0.15) is 72.6 Å². The zero-order valence-corrected chi connectivity index (χ0v) is 12.2. The molecule has 0 rings (SSSR count). The lowest BCUT2D eigenvalue weighted by Crippen LogP contribution is -2.34. The Hall–Kier alpha value is -0.0800. The molecule has 0 radical (unpaired) electrons. The van der Waals surface area contributed by atoms with Crippen LogP contribution in [0.5, 0.6) is 0 Å². The smallest absolute Gasteiger partial charge is 0.0615 e. The summed E-state index contributed by atoms with van der Waals surface area (Å²) in [5.74, 6) is 0.296. The van der Waals surface area contributed by atoms with E-state index >= 15 is 0 Å². The van der Waals surface area contributed by atoms with Crippen LogP contribution >= 0.6 is 0 Å². The van der Waals surface area contributed by atoms with Gasteiger partial charge in [0.05, 0.1) is 12.2 Å². The van der Waals surface area contributed by atoms with Gasteiger partial charge >= 0.3 is 0 Å².